The first-order valence-electron chi connectivity index (χ1n) is 7.88. The summed E-state index contributed by atoms with van der Waals surface area (Å²) in [7, 11) is 0. The second kappa shape index (κ2) is 5.22. The number of carbonyl (C=O) groups excluding carboxylic acids is 2. The first-order chi connectivity index (χ1) is 10.1. The van der Waals surface area contributed by atoms with E-state index in [4.69, 9.17) is 4.74 Å². The van der Waals surface area contributed by atoms with Gasteiger partial charge in [-0.05, 0) is 56.7 Å². The van der Waals surface area contributed by atoms with E-state index in [1.54, 1.807) is 6.92 Å². The molecule has 0 radical (unpaired) electrons. The predicted octanol–water partition coefficient (Wildman–Crippen LogP) is 3.87. The molecule has 0 aromatic heterocycles. The number of aryl methyl sites for hydroxylation is 3. The summed E-state index contributed by atoms with van der Waals surface area (Å²) in [6.45, 7) is 13.7. The molecule has 0 aliphatic heterocycles. The summed E-state index contributed by atoms with van der Waals surface area (Å²) in [6.07, 6.45) is 0. The third-order valence-corrected chi connectivity index (χ3v) is 5.27. The van der Waals surface area contributed by atoms with E-state index in [0.29, 0.717) is 6.61 Å². The van der Waals surface area contributed by atoms with Gasteiger partial charge >= 0.3 is 5.97 Å². The summed E-state index contributed by atoms with van der Waals surface area (Å²) in [4.78, 5) is 25.0. The Bertz CT molecular complexity index is 619. The van der Waals surface area contributed by atoms with Gasteiger partial charge in [0.1, 0.15) is 11.2 Å². The lowest BCUT2D eigenvalue weighted by Crippen LogP contribution is -2.31. The van der Waals surface area contributed by atoms with Crippen molar-refractivity contribution in [3.05, 3.63) is 34.4 Å². The monoisotopic (exact) mass is 302 g/mol. The summed E-state index contributed by atoms with van der Waals surface area (Å²) >= 11 is 0. The predicted molar refractivity (Wildman–Crippen MR) is 86.9 cm³/mol. The molecule has 1 aliphatic rings. The molecule has 22 heavy (non-hydrogen) atoms. The van der Waals surface area contributed by atoms with Gasteiger partial charge in [-0.15, -0.1) is 0 Å². The number of Topliss-reactive ketones (excluding diaryl/α,β-unsaturated/α-hetero) is 1. The number of esters is 1. The molecule has 0 heterocycles. The minimum Gasteiger partial charge on any atom is -0.465 e. The number of ether oxygens (including phenoxy) is 1. The van der Waals surface area contributed by atoms with Crippen molar-refractivity contribution in [3.8, 4) is 0 Å². The van der Waals surface area contributed by atoms with Crippen LogP contribution >= 0.6 is 0 Å². The SMILES string of the molecule is CCOC(=O)C1(C(C)=O)C(c2c(C)cc(C)cc2C)C1(C)C. The van der Waals surface area contributed by atoms with E-state index < -0.39 is 10.8 Å². The van der Waals surface area contributed by atoms with Gasteiger partial charge < -0.3 is 4.74 Å². The molecule has 2 rings (SSSR count). The van der Waals surface area contributed by atoms with Crippen molar-refractivity contribution in [2.75, 3.05) is 6.61 Å². The lowest BCUT2D eigenvalue weighted by Gasteiger charge is -2.16. The minimum atomic E-state index is -1.05. The van der Waals surface area contributed by atoms with Crippen molar-refractivity contribution in [1.29, 1.82) is 0 Å². The highest BCUT2D eigenvalue weighted by Crippen LogP contribution is 2.75. The summed E-state index contributed by atoms with van der Waals surface area (Å²) in [5, 5.41) is 0. The highest BCUT2D eigenvalue weighted by atomic mass is 16.5. The zero-order valence-corrected chi connectivity index (χ0v) is 14.7. The fourth-order valence-electron chi connectivity index (χ4n) is 4.41. The van der Waals surface area contributed by atoms with Crippen LogP contribution in [0.5, 0.6) is 0 Å². The number of rotatable bonds is 4. The van der Waals surface area contributed by atoms with Crippen LogP contribution in [-0.2, 0) is 14.3 Å². The molecule has 2 unspecified atom stereocenters. The number of ketones is 1. The first kappa shape index (κ1) is 16.7. The molecule has 1 aromatic carbocycles. The largest absolute Gasteiger partial charge is 0.465 e. The molecule has 1 aromatic rings. The van der Waals surface area contributed by atoms with Crippen molar-refractivity contribution in [1.82, 2.24) is 0 Å². The Morgan fingerprint density at radius 1 is 1.14 bits per heavy atom. The van der Waals surface area contributed by atoms with E-state index in [0.717, 1.165) is 16.7 Å². The topological polar surface area (TPSA) is 43.4 Å². The Morgan fingerprint density at radius 2 is 1.64 bits per heavy atom. The van der Waals surface area contributed by atoms with Crippen molar-refractivity contribution in [2.45, 2.75) is 54.4 Å². The molecule has 120 valence electrons. The van der Waals surface area contributed by atoms with Crippen molar-refractivity contribution in [2.24, 2.45) is 10.8 Å². The van der Waals surface area contributed by atoms with E-state index in [-0.39, 0.29) is 17.7 Å². The van der Waals surface area contributed by atoms with Gasteiger partial charge in [0.25, 0.3) is 0 Å². The molecule has 0 N–H and O–H groups in total. The summed E-state index contributed by atoms with van der Waals surface area (Å²) in [5.41, 5.74) is 3.13. The van der Waals surface area contributed by atoms with Gasteiger partial charge in [0.05, 0.1) is 6.61 Å². The first-order valence-corrected chi connectivity index (χ1v) is 7.88. The van der Waals surface area contributed by atoms with Crippen LogP contribution in [0, 0.1) is 31.6 Å². The van der Waals surface area contributed by atoms with Crippen molar-refractivity contribution < 1.29 is 14.3 Å². The quantitative estimate of drug-likeness (QED) is 0.626. The maximum Gasteiger partial charge on any atom is 0.320 e. The standard InChI is InChI=1S/C19H26O3/c1-8-22-17(21)19(14(5)20)16(18(19,6)7)15-12(3)9-11(2)10-13(15)4/h9-10,16H,8H2,1-7H3. The Kier molecular flexibility index (Phi) is 3.97. The van der Waals surface area contributed by atoms with Crippen LogP contribution in [0.1, 0.15) is 55.9 Å². The molecule has 0 saturated heterocycles. The van der Waals surface area contributed by atoms with Gasteiger partial charge in [-0.25, -0.2) is 0 Å². The highest BCUT2D eigenvalue weighted by Gasteiger charge is 2.79. The number of hydrogen-bond acceptors (Lipinski definition) is 3. The lowest BCUT2D eigenvalue weighted by molar-refractivity contribution is -0.154. The lowest BCUT2D eigenvalue weighted by atomic mass is 9.89. The fraction of sp³-hybridized carbons (Fsp3) is 0.579. The molecule has 0 bridgehead atoms. The number of hydrogen-bond donors (Lipinski definition) is 0. The molecule has 1 fully saturated rings. The van der Waals surface area contributed by atoms with Crippen LogP contribution in [0.25, 0.3) is 0 Å². The van der Waals surface area contributed by atoms with E-state index in [1.165, 1.54) is 12.5 Å². The van der Waals surface area contributed by atoms with Crippen LogP contribution in [0.2, 0.25) is 0 Å². The second-order valence-corrected chi connectivity index (χ2v) is 7.05. The highest BCUT2D eigenvalue weighted by molar-refractivity contribution is 6.09. The van der Waals surface area contributed by atoms with Crippen LogP contribution in [0.3, 0.4) is 0 Å². The van der Waals surface area contributed by atoms with Gasteiger partial charge in [0.2, 0.25) is 0 Å². The van der Waals surface area contributed by atoms with Gasteiger partial charge in [0, 0.05) is 5.92 Å². The summed E-state index contributed by atoms with van der Waals surface area (Å²) < 4.78 is 5.26. The molecule has 3 heteroatoms. The molecule has 3 nitrogen and oxygen atoms in total. The average molecular weight is 302 g/mol. The van der Waals surface area contributed by atoms with Crippen LogP contribution < -0.4 is 0 Å². The van der Waals surface area contributed by atoms with Crippen molar-refractivity contribution >= 4 is 11.8 Å². The molecule has 0 spiro atoms. The summed E-state index contributed by atoms with van der Waals surface area (Å²) in [5.74, 6) is -0.589. The number of carbonyl (C=O) groups is 2. The molecule has 0 amide bonds. The Labute approximate surface area is 133 Å². The third-order valence-electron chi connectivity index (χ3n) is 5.27. The van der Waals surface area contributed by atoms with E-state index in [9.17, 15) is 9.59 Å². The smallest absolute Gasteiger partial charge is 0.320 e. The molecule has 1 aliphatic carbocycles. The molecule has 1 saturated carbocycles. The Hall–Kier alpha value is -1.64. The maximum absolute atomic E-state index is 12.6. The van der Waals surface area contributed by atoms with Gasteiger partial charge in [-0.1, -0.05) is 31.5 Å². The Balaban J connectivity index is 2.62. The van der Waals surface area contributed by atoms with E-state index in [2.05, 4.69) is 32.9 Å². The maximum atomic E-state index is 12.6. The minimum absolute atomic E-state index is 0.0969. The fourth-order valence-corrected chi connectivity index (χ4v) is 4.41. The third kappa shape index (κ3) is 2.02. The van der Waals surface area contributed by atoms with Crippen LogP contribution in [0.15, 0.2) is 12.1 Å². The van der Waals surface area contributed by atoms with E-state index >= 15 is 0 Å². The zero-order valence-electron chi connectivity index (χ0n) is 14.7. The average Bonchev–Trinajstić information content (AvgIpc) is 2.86. The number of benzene rings is 1. The van der Waals surface area contributed by atoms with Crippen LogP contribution in [-0.4, -0.2) is 18.4 Å². The Morgan fingerprint density at radius 3 is 2.05 bits per heavy atom. The van der Waals surface area contributed by atoms with Gasteiger partial charge in [0.15, 0.2) is 0 Å². The zero-order chi connectivity index (χ0) is 16.9. The van der Waals surface area contributed by atoms with E-state index in [1.807, 2.05) is 13.8 Å². The summed E-state index contributed by atoms with van der Waals surface area (Å²) in [6, 6.07) is 4.24. The molecule has 2 atom stereocenters. The van der Waals surface area contributed by atoms with Crippen LogP contribution in [0.4, 0.5) is 0 Å². The molecular formula is C19H26O3. The van der Waals surface area contributed by atoms with Crippen molar-refractivity contribution in [3.63, 3.8) is 0 Å². The van der Waals surface area contributed by atoms with Gasteiger partial charge in [-0.3, -0.25) is 9.59 Å². The second-order valence-electron chi connectivity index (χ2n) is 7.05. The normalized spacial score (nSPS) is 25.7. The molecular weight excluding hydrogens is 276 g/mol. The van der Waals surface area contributed by atoms with Gasteiger partial charge in [-0.2, -0.15) is 0 Å².